The number of halogens is 1. The van der Waals surface area contributed by atoms with Crippen molar-refractivity contribution in [3.63, 3.8) is 0 Å². The Bertz CT molecular complexity index is 1260. The lowest BCUT2D eigenvalue weighted by molar-refractivity contribution is -0.870. The Kier molecular flexibility index (Phi) is 2.61. The van der Waals surface area contributed by atoms with Crippen LogP contribution in [0.3, 0.4) is 0 Å². The molecule has 0 saturated carbocycles. The van der Waals surface area contributed by atoms with Crippen LogP contribution in [0.4, 0.5) is 0 Å². The predicted octanol–water partition coefficient (Wildman–Crippen LogP) is 3.18. The van der Waals surface area contributed by atoms with E-state index in [1.165, 1.54) is 6.92 Å². The van der Waals surface area contributed by atoms with E-state index in [4.69, 9.17) is 45.2 Å². The Balaban J connectivity index is 0. The van der Waals surface area contributed by atoms with E-state index in [-0.39, 0.29) is 29.8 Å². The summed E-state index contributed by atoms with van der Waals surface area (Å²) in [4.78, 5) is 0. The molecule has 0 spiro atoms. The third kappa shape index (κ3) is 22.9. The van der Waals surface area contributed by atoms with Gasteiger partial charge in [-0.15, -0.1) is 0 Å². The summed E-state index contributed by atoms with van der Waals surface area (Å²) in [5, 5.41) is 0. The van der Waals surface area contributed by atoms with Crippen molar-refractivity contribution in [3.8, 4) is 0 Å². The van der Waals surface area contributed by atoms with Gasteiger partial charge in [0.25, 0.3) is 0 Å². The standard InChI is InChI=1S/C19H42N.BrH/c1-5-6-7-8-9-10-11-12-13-14-15-16-17-18-19-20(2,3)4;/h5-19H2,1-4H3;1H/q+1;/p-1/i2D3,3D3,4D3,8D2,9D2,10D2,11D2,12D2,13D2,14D2,15D2,16D2,17D2,18D2,19D2;. The van der Waals surface area contributed by atoms with Crippen LogP contribution in [0, 0.1) is 0 Å². The van der Waals surface area contributed by atoms with Crippen molar-refractivity contribution >= 4 is 0 Å². The van der Waals surface area contributed by atoms with Gasteiger partial charge in [-0.1, -0.05) is 83.5 Å². The van der Waals surface area contributed by atoms with Gasteiger partial charge in [0, 0.05) is 30.2 Å². The van der Waals surface area contributed by atoms with Gasteiger partial charge in [-0.2, -0.15) is 0 Å². The Labute approximate surface area is 192 Å². The van der Waals surface area contributed by atoms with Gasteiger partial charge in [-0.25, -0.2) is 0 Å². The maximum absolute atomic E-state index is 8.29. The molecule has 0 amide bonds. The Morgan fingerprint density at radius 3 is 1.52 bits per heavy atom. The van der Waals surface area contributed by atoms with E-state index < -0.39 is 108 Å². The van der Waals surface area contributed by atoms with Gasteiger partial charge in [-0.05, 0) is 12.7 Å². The summed E-state index contributed by atoms with van der Waals surface area (Å²) < 4.78 is 263. The highest BCUT2D eigenvalue weighted by molar-refractivity contribution is 4.49. The van der Waals surface area contributed by atoms with Crippen molar-refractivity contribution in [2.75, 3.05) is 27.4 Å². The third-order valence-corrected chi connectivity index (χ3v) is 1.53. The lowest BCUT2D eigenvalue weighted by Gasteiger charge is -2.23. The highest BCUT2D eigenvalue weighted by Gasteiger charge is 2.04. The Morgan fingerprint density at radius 1 is 0.667 bits per heavy atom. The fraction of sp³-hybridized carbons (Fsp3) is 1.00. The molecule has 0 radical (unpaired) electrons. The quantitative estimate of drug-likeness (QED) is 0.372. The summed E-state index contributed by atoms with van der Waals surface area (Å²) in [5.74, 6) is 0. The Hall–Kier alpha value is 0.440. The molecule has 1 nitrogen and oxygen atoms in total. The van der Waals surface area contributed by atoms with Gasteiger partial charge < -0.3 is 21.5 Å². The molecule has 0 fully saturated rings. The molecular formula is C19H42BrN. The molecule has 130 valence electrons. The maximum atomic E-state index is 8.29. The van der Waals surface area contributed by atoms with Crippen LogP contribution < -0.4 is 17.0 Å². The summed E-state index contributed by atoms with van der Waals surface area (Å²) in [6, 6.07) is 0. The van der Waals surface area contributed by atoms with Crippen LogP contribution in [0.2, 0.25) is 0 Å². The summed E-state index contributed by atoms with van der Waals surface area (Å²) in [6.07, 6.45) is -53.1. The molecule has 0 aliphatic carbocycles. The van der Waals surface area contributed by atoms with Crippen LogP contribution >= 0.6 is 0 Å². The minimum atomic E-state index is -5.21. The fourth-order valence-electron chi connectivity index (χ4n) is 0.734. The molecule has 2 heteroatoms. The monoisotopic (exact) mass is 396 g/mol. The van der Waals surface area contributed by atoms with Crippen molar-refractivity contribution in [2.24, 2.45) is 0 Å². The molecule has 0 aromatic heterocycles. The average Bonchev–Trinajstić information content (AvgIpc) is 2.87. The average molecular weight is 398 g/mol. The molecule has 0 bridgehead atoms. The van der Waals surface area contributed by atoms with Crippen LogP contribution in [-0.2, 0) is 0 Å². The smallest absolute Gasteiger partial charge is 0.0924 e. The van der Waals surface area contributed by atoms with Crippen LogP contribution in [0.25, 0.3) is 0 Å². The van der Waals surface area contributed by atoms with E-state index in [0.717, 1.165) is 0 Å². The number of hydrogen-bond donors (Lipinski definition) is 0. The lowest BCUT2D eigenvalue weighted by Crippen LogP contribution is -3.00. The first-order chi connectivity index (χ1) is 22.3. The van der Waals surface area contributed by atoms with Gasteiger partial charge in [0.05, 0.1) is 42.5 Å². The number of nitrogens with zero attached hydrogens (tertiary/aromatic N) is 1. The summed E-state index contributed by atoms with van der Waals surface area (Å²) in [6.45, 7) is -17.7. The van der Waals surface area contributed by atoms with Gasteiger partial charge in [-0.3, -0.25) is 0 Å². The zero-order valence-electron chi connectivity index (χ0n) is 44.4. The molecule has 0 aromatic rings. The molecule has 0 N–H and O–H groups in total. The SMILES string of the molecule is [2H]C([2H])(CCCC)C([2H])([2H])C([2H])([2H])C([2H])([2H])C([2H])([2H])C([2H])([2H])C([2H])([2H])C([2H])([2H])C([2H])([2H])C([2H])([2H])C([2H])([2H])C([2H])([2H])[N+](C([2H])([2H])[2H])(C([2H])([2H])[2H])C([2H])([2H])[2H].[Br-]. The minimum Gasteiger partial charge on any atom is -1.00 e. The minimum absolute atomic E-state index is 0. The van der Waals surface area contributed by atoms with Crippen molar-refractivity contribution in [1.29, 1.82) is 0 Å². The molecule has 0 saturated heterocycles. The number of quaternary nitrogens is 1. The van der Waals surface area contributed by atoms with Crippen LogP contribution in [0.15, 0.2) is 0 Å². The van der Waals surface area contributed by atoms with E-state index in [0.29, 0.717) is 0 Å². The van der Waals surface area contributed by atoms with Crippen molar-refractivity contribution < 1.29 is 66.7 Å². The first-order valence-electron chi connectivity index (χ1n) is 22.2. The first kappa shape index (κ1) is 3.26. The topological polar surface area (TPSA) is 0 Å². The van der Waals surface area contributed by atoms with Crippen LogP contribution in [0.5, 0.6) is 0 Å². The second kappa shape index (κ2) is 16.8. The molecule has 0 rings (SSSR count). The third-order valence-electron chi connectivity index (χ3n) is 1.53. The fourth-order valence-corrected chi connectivity index (χ4v) is 0.734. The van der Waals surface area contributed by atoms with Crippen LogP contribution in [-0.4, -0.2) is 31.9 Å². The van der Waals surface area contributed by atoms with E-state index in [1.54, 1.807) is 0 Å². The van der Waals surface area contributed by atoms with Crippen LogP contribution in [0.1, 0.15) is 142 Å². The van der Waals surface area contributed by atoms with Crippen molar-refractivity contribution in [3.05, 3.63) is 0 Å². The maximum Gasteiger partial charge on any atom is 0.0924 e. The lowest BCUT2D eigenvalue weighted by atomic mass is 10.0. The number of hydrogen-bond acceptors (Lipinski definition) is 0. The van der Waals surface area contributed by atoms with Gasteiger partial charge >= 0.3 is 0 Å². The highest BCUT2D eigenvalue weighted by Crippen LogP contribution is 2.13. The zero-order valence-corrected chi connectivity index (χ0v) is 13.0. The molecule has 0 unspecified atom stereocenters. The van der Waals surface area contributed by atoms with Crippen molar-refractivity contribution in [1.82, 2.24) is 0 Å². The molecule has 0 aliphatic heterocycles. The number of rotatable bonds is 15. The van der Waals surface area contributed by atoms with E-state index in [2.05, 4.69) is 0 Å². The molecular weight excluding hydrogens is 322 g/mol. The summed E-state index contributed by atoms with van der Waals surface area (Å²) in [5.41, 5.74) is 0. The highest BCUT2D eigenvalue weighted by atomic mass is 79.9. The van der Waals surface area contributed by atoms with E-state index >= 15 is 0 Å². The van der Waals surface area contributed by atoms with Crippen molar-refractivity contribution in [2.45, 2.75) is 96.3 Å². The Morgan fingerprint density at radius 2 is 1.10 bits per heavy atom. The van der Waals surface area contributed by atoms with Gasteiger partial charge in [0.15, 0.2) is 0 Å². The van der Waals surface area contributed by atoms with E-state index in [1.807, 2.05) is 0 Å². The second-order valence-corrected chi connectivity index (χ2v) is 3.31. The zero-order chi connectivity index (χ0) is 44.1. The molecule has 0 aliphatic rings. The first-order valence-corrected chi connectivity index (χ1v) is 5.71. The molecule has 0 atom stereocenters. The largest absolute Gasteiger partial charge is 1.00 e. The molecule has 21 heavy (non-hydrogen) atoms. The van der Waals surface area contributed by atoms with Gasteiger partial charge in [0.1, 0.15) is 0 Å². The summed E-state index contributed by atoms with van der Waals surface area (Å²) in [7, 11) is 0. The second-order valence-electron chi connectivity index (χ2n) is 3.31. The molecule has 0 heterocycles. The normalized spacial score (nSPS) is 44.7. The molecule has 0 aromatic carbocycles. The van der Waals surface area contributed by atoms with Gasteiger partial charge in [0.2, 0.25) is 0 Å². The summed E-state index contributed by atoms with van der Waals surface area (Å²) >= 11 is 0. The predicted molar refractivity (Wildman–Crippen MR) is 93.2 cm³/mol. The van der Waals surface area contributed by atoms with E-state index in [9.17, 15) is 0 Å². The number of unbranched alkanes of at least 4 members (excludes halogenated alkanes) is 1.